The normalized spacial score (nSPS) is 23.4. The van der Waals surface area contributed by atoms with Crippen LogP contribution in [0.1, 0.15) is 18.2 Å². The highest BCUT2D eigenvalue weighted by Gasteiger charge is 2.33. The smallest absolute Gasteiger partial charge is 0.145 e. The molecule has 1 aromatic rings. The van der Waals surface area contributed by atoms with E-state index in [1.54, 1.807) is 11.3 Å². The molecular formula is C13H18BrNO2S. The highest BCUT2D eigenvalue weighted by atomic mass is 79.9. The molecule has 1 aromatic heterocycles. The lowest BCUT2D eigenvalue weighted by Gasteiger charge is -2.17. The molecule has 2 heterocycles. The summed E-state index contributed by atoms with van der Waals surface area (Å²) in [5, 5.41) is 3.40. The Bertz CT molecular complexity index is 407. The van der Waals surface area contributed by atoms with Crippen molar-refractivity contribution in [2.75, 3.05) is 19.8 Å². The van der Waals surface area contributed by atoms with Crippen molar-refractivity contribution in [3.05, 3.63) is 20.8 Å². The third kappa shape index (κ3) is 3.63. The van der Waals surface area contributed by atoms with Crippen LogP contribution in [-0.4, -0.2) is 31.6 Å². The molecule has 1 N–H and O–H groups in total. The Balaban J connectivity index is 1.91. The predicted octanol–water partition coefficient (Wildman–Crippen LogP) is 2.64. The van der Waals surface area contributed by atoms with E-state index in [9.17, 15) is 4.79 Å². The predicted molar refractivity (Wildman–Crippen MR) is 77.1 cm³/mol. The summed E-state index contributed by atoms with van der Waals surface area (Å²) < 4.78 is 6.52. The Kier molecular flexibility index (Phi) is 5.36. The lowest BCUT2D eigenvalue weighted by Crippen LogP contribution is -2.40. The number of carbonyl (C=O) groups excluding carboxylic acids is 1. The first-order valence-corrected chi connectivity index (χ1v) is 7.89. The van der Waals surface area contributed by atoms with Crippen molar-refractivity contribution < 1.29 is 9.53 Å². The van der Waals surface area contributed by atoms with Gasteiger partial charge in [-0.1, -0.05) is 6.92 Å². The van der Waals surface area contributed by atoms with Crippen LogP contribution in [0.2, 0.25) is 0 Å². The Morgan fingerprint density at radius 1 is 1.56 bits per heavy atom. The van der Waals surface area contributed by atoms with E-state index in [-0.39, 0.29) is 17.7 Å². The molecule has 3 nitrogen and oxygen atoms in total. The maximum absolute atomic E-state index is 12.3. The maximum atomic E-state index is 12.3. The van der Waals surface area contributed by atoms with Crippen molar-refractivity contribution >= 4 is 33.0 Å². The van der Waals surface area contributed by atoms with Gasteiger partial charge in [0.1, 0.15) is 5.78 Å². The van der Waals surface area contributed by atoms with E-state index in [0.29, 0.717) is 19.6 Å². The number of ketones is 1. The molecule has 0 amide bonds. The number of rotatable bonds is 6. The Morgan fingerprint density at radius 3 is 3.06 bits per heavy atom. The highest BCUT2D eigenvalue weighted by Crippen LogP contribution is 2.24. The van der Waals surface area contributed by atoms with E-state index in [1.165, 1.54) is 0 Å². The lowest BCUT2D eigenvalue weighted by molar-refractivity contribution is -0.122. The number of halogens is 1. The van der Waals surface area contributed by atoms with Crippen molar-refractivity contribution in [1.82, 2.24) is 5.32 Å². The number of hydrogen-bond donors (Lipinski definition) is 1. The van der Waals surface area contributed by atoms with Crippen LogP contribution >= 0.6 is 27.3 Å². The van der Waals surface area contributed by atoms with Crippen molar-refractivity contribution in [1.29, 1.82) is 0 Å². The second-order valence-electron chi connectivity index (χ2n) is 4.55. The quantitative estimate of drug-likeness (QED) is 0.870. The first kappa shape index (κ1) is 14.2. The Labute approximate surface area is 120 Å². The average molecular weight is 332 g/mol. The van der Waals surface area contributed by atoms with Crippen LogP contribution in [0.25, 0.3) is 0 Å². The standard InChI is InChI=1S/C13H18BrNO2S/c1-2-5-15-11-8-17-7-10(11)12(16)6-9-3-4-13(14)18-9/h3-4,10-11,15H,2,5-8H2,1H3. The Morgan fingerprint density at radius 2 is 2.39 bits per heavy atom. The van der Waals surface area contributed by atoms with Gasteiger partial charge < -0.3 is 10.1 Å². The molecule has 0 aromatic carbocycles. The number of carbonyl (C=O) groups is 1. The molecule has 1 fully saturated rings. The SMILES string of the molecule is CCCNC1COCC1C(=O)Cc1ccc(Br)s1. The molecule has 0 spiro atoms. The molecule has 0 bridgehead atoms. The van der Waals surface area contributed by atoms with Gasteiger partial charge in [0.2, 0.25) is 0 Å². The molecule has 100 valence electrons. The highest BCUT2D eigenvalue weighted by molar-refractivity contribution is 9.11. The third-order valence-corrected chi connectivity index (χ3v) is 4.75. The molecule has 0 radical (unpaired) electrons. The minimum absolute atomic E-state index is 0.0115. The number of hydrogen-bond acceptors (Lipinski definition) is 4. The zero-order valence-electron chi connectivity index (χ0n) is 10.4. The van der Waals surface area contributed by atoms with Crippen LogP contribution in [0.4, 0.5) is 0 Å². The maximum Gasteiger partial charge on any atom is 0.145 e. The fraction of sp³-hybridized carbons (Fsp3) is 0.615. The fourth-order valence-electron chi connectivity index (χ4n) is 2.15. The summed E-state index contributed by atoms with van der Waals surface area (Å²) >= 11 is 5.05. The van der Waals surface area contributed by atoms with Gasteiger partial charge in [-0.25, -0.2) is 0 Å². The molecule has 2 unspecified atom stereocenters. The number of ether oxygens (including phenoxy) is 1. The van der Waals surface area contributed by atoms with Crippen LogP contribution in [0, 0.1) is 5.92 Å². The van der Waals surface area contributed by atoms with Gasteiger partial charge in [-0.3, -0.25) is 4.79 Å². The van der Waals surface area contributed by atoms with Crippen LogP contribution in [0.15, 0.2) is 15.9 Å². The molecule has 2 atom stereocenters. The van der Waals surface area contributed by atoms with Gasteiger partial charge >= 0.3 is 0 Å². The van der Waals surface area contributed by atoms with Crippen LogP contribution in [-0.2, 0) is 16.0 Å². The molecule has 2 rings (SSSR count). The molecule has 0 aliphatic carbocycles. The molecule has 18 heavy (non-hydrogen) atoms. The van der Waals surface area contributed by atoms with Gasteiger partial charge in [-0.05, 0) is 41.0 Å². The summed E-state index contributed by atoms with van der Waals surface area (Å²) in [4.78, 5) is 13.4. The summed E-state index contributed by atoms with van der Waals surface area (Å²) in [7, 11) is 0. The van der Waals surface area contributed by atoms with E-state index in [4.69, 9.17) is 4.74 Å². The summed E-state index contributed by atoms with van der Waals surface area (Å²) in [6.07, 6.45) is 1.60. The van der Waals surface area contributed by atoms with Crippen LogP contribution < -0.4 is 5.32 Å². The van der Waals surface area contributed by atoms with Crippen molar-refractivity contribution in [3.8, 4) is 0 Å². The van der Waals surface area contributed by atoms with Crippen LogP contribution in [0.3, 0.4) is 0 Å². The van der Waals surface area contributed by atoms with Crippen LogP contribution in [0.5, 0.6) is 0 Å². The van der Waals surface area contributed by atoms with E-state index in [2.05, 4.69) is 28.2 Å². The second-order valence-corrected chi connectivity index (χ2v) is 7.10. The molecular weight excluding hydrogens is 314 g/mol. The van der Waals surface area contributed by atoms with Crippen molar-refractivity contribution in [3.63, 3.8) is 0 Å². The second kappa shape index (κ2) is 6.80. The molecule has 0 saturated carbocycles. The third-order valence-electron chi connectivity index (χ3n) is 3.13. The summed E-state index contributed by atoms with van der Waals surface area (Å²) in [5.41, 5.74) is 0. The van der Waals surface area contributed by atoms with Gasteiger partial charge in [-0.15, -0.1) is 11.3 Å². The number of Topliss-reactive ketones (excluding diaryl/α,β-unsaturated/α-hetero) is 1. The topological polar surface area (TPSA) is 38.3 Å². The fourth-order valence-corrected chi connectivity index (χ4v) is 3.65. The number of nitrogens with one attached hydrogen (secondary N) is 1. The van der Waals surface area contributed by atoms with E-state index < -0.39 is 0 Å². The zero-order valence-corrected chi connectivity index (χ0v) is 12.9. The first-order chi connectivity index (χ1) is 8.70. The van der Waals surface area contributed by atoms with E-state index in [0.717, 1.165) is 21.6 Å². The molecule has 5 heteroatoms. The number of thiophene rings is 1. The van der Waals surface area contributed by atoms with E-state index in [1.807, 2.05) is 12.1 Å². The molecule has 1 saturated heterocycles. The summed E-state index contributed by atoms with van der Waals surface area (Å²) in [5.74, 6) is 0.299. The zero-order chi connectivity index (χ0) is 13.0. The lowest BCUT2D eigenvalue weighted by atomic mass is 9.96. The van der Waals surface area contributed by atoms with Gasteiger partial charge in [-0.2, -0.15) is 0 Å². The molecule has 1 aliphatic rings. The van der Waals surface area contributed by atoms with Gasteiger partial charge in [0.25, 0.3) is 0 Å². The summed E-state index contributed by atoms with van der Waals surface area (Å²) in [6, 6.07) is 4.20. The van der Waals surface area contributed by atoms with Gasteiger partial charge in [0, 0.05) is 17.3 Å². The summed E-state index contributed by atoms with van der Waals surface area (Å²) in [6.45, 7) is 4.29. The average Bonchev–Trinajstić information content (AvgIpc) is 2.95. The molecule has 1 aliphatic heterocycles. The van der Waals surface area contributed by atoms with Crippen molar-refractivity contribution in [2.24, 2.45) is 5.92 Å². The largest absolute Gasteiger partial charge is 0.379 e. The minimum Gasteiger partial charge on any atom is -0.379 e. The first-order valence-electron chi connectivity index (χ1n) is 6.28. The minimum atomic E-state index is 0.0115. The monoisotopic (exact) mass is 331 g/mol. The van der Waals surface area contributed by atoms with Crippen molar-refractivity contribution in [2.45, 2.75) is 25.8 Å². The van der Waals surface area contributed by atoms with E-state index >= 15 is 0 Å². The van der Waals surface area contributed by atoms with Gasteiger partial charge in [0.05, 0.1) is 22.9 Å². The Hall–Kier alpha value is -0.230. The van der Waals surface area contributed by atoms with Gasteiger partial charge in [0.15, 0.2) is 0 Å².